The predicted octanol–water partition coefficient (Wildman–Crippen LogP) is -12.0. The zero-order valence-corrected chi connectivity index (χ0v) is 9.15. The maximum absolute atomic E-state index is 0. The fourth-order valence-corrected chi connectivity index (χ4v) is 0. The fourth-order valence-electron chi connectivity index (χ4n) is 0. The zero-order valence-electron chi connectivity index (χ0n) is 2.01. The Hall–Kier alpha value is 2.48. The summed E-state index contributed by atoms with van der Waals surface area (Å²) in [6.45, 7) is 0. The van der Waals surface area contributed by atoms with E-state index in [9.17, 15) is 0 Å². The van der Waals surface area contributed by atoms with Gasteiger partial charge in [0.2, 0.25) is 0 Å². The molecule has 0 bridgehead atoms. The van der Waals surface area contributed by atoms with Gasteiger partial charge in [0.15, 0.2) is 0 Å². The van der Waals surface area contributed by atoms with Crippen molar-refractivity contribution in [3.63, 3.8) is 0 Å². The van der Waals surface area contributed by atoms with Crippen LogP contribution in [-0.4, -0.2) is 0 Å². The third-order valence-corrected chi connectivity index (χ3v) is 0. The molecule has 0 rings (SSSR count). The van der Waals surface area contributed by atoms with E-state index >= 15 is 0 Å². The van der Waals surface area contributed by atoms with E-state index in [0.29, 0.717) is 0 Å². The molecule has 0 aliphatic carbocycles. The van der Waals surface area contributed by atoms with Crippen LogP contribution in [0.2, 0.25) is 0 Å². The molecule has 0 atom stereocenters. The average molecular weight is 370 g/mol. The molecule has 5 heavy (non-hydrogen) atoms. The van der Waals surface area contributed by atoms with Crippen LogP contribution in [0.1, 0.15) is 0 Å². The van der Waals surface area contributed by atoms with Crippen molar-refractivity contribution in [2.75, 3.05) is 0 Å². The molecule has 0 fully saturated rings. The Balaban J connectivity index is 0. The summed E-state index contributed by atoms with van der Waals surface area (Å²) in [6, 6.07) is 0. The molecule has 0 spiro atoms. The zero-order chi connectivity index (χ0) is 0. The summed E-state index contributed by atoms with van der Waals surface area (Å²) in [4.78, 5) is 0. The molecule has 0 aromatic heterocycles. The van der Waals surface area contributed by atoms with E-state index in [1.165, 1.54) is 0 Å². The number of hydrogen-bond donors (Lipinski definition) is 0. The summed E-state index contributed by atoms with van der Waals surface area (Å²) in [5, 5.41) is 0. The van der Waals surface area contributed by atoms with Crippen molar-refractivity contribution in [3.05, 3.63) is 0 Å². The van der Waals surface area contributed by atoms with Gasteiger partial charge in [-0.3, -0.25) is 0 Å². The van der Waals surface area contributed by atoms with E-state index in [1.807, 2.05) is 0 Å². The van der Waals surface area contributed by atoms with Gasteiger partial charge in [0.1, 0.15) is 0 Å². The smallest absolute Gasteiger partial charge is 1.00 e. The van der Waals surface area contributed by atoms with Gasteiger partial charge >= 0.3 is 39.9 Å². The molecule has 0 aliphatic rings. The molecule has 0 N–H and O–H groups in total. The molecular formula is Cl4Th. The van der Waals surface area contributed by atoms with E-state index in [0.717, 1.165) is 0 Å². The van der Waals surface area contributed by atoms with Crippen molar-refractivity contribution in [2.24, 2.45) is 0 Å². The Morgan fingerprint density at radius 1 is 0.400 bits per heavy atom. The summed E-state index contributed by atoms with van der Waals surface area (Å²) in [6.07, 6.45) is 0. The minimum Gasteiger partial charge on any atom is -1.00 e. The molecule has 0 aromatic carbocycles. The van der Waals surface area contributed by atoms with E-state index in [4.69, 9.17) is 0 Å². The third kappa shape index (κ3) is 21.1. The average Bonchev–Trinajstić information content (AvgIpc) is 0. The molecule has 0 nitrogen and oxygen atoms in total. The van der Waals surface area contributed by atoms with Gasteiger partial charge in [-0.15, -0.1) is 0 Å². The van der Waals surface area contributed by atoms with Crippen LogP contribution >= 0.6 is 0 Å². The standard InChI is InChI=1S/4ClH.Th/h4*1H;/q;;;;+4/p-4/i;;;;1-4. The maximum Gasteiger partial charge on any atom is 4.00 e. The molecule has 32 valence electrons. The van der Waals surface area contributed by atoms with Crippen LogP contribution in [0, 0.1) is 39.9 Å². The SMILES string of the molecule is [228Th+4].[Cl-].[Cl-].[Cl-].[Cl-]. The van der Waals surface area contributed by atoms with Gasteiger partial charge in [0.05, 0.1) is 0 Å². The maximum atomic E-state index is 0. The van der Waals surface area contributed by atoms with Crippen LogP contribution in [0.25, 0.3) is 0 Å². The Bertz CT molecular complexity index is 3.61. The summed E-state index contributed by atoms with van der Waals surface area (Å²) in [7, 11) is 0. The summed E-state index contributed by atoms with van der Waals surface area (Å²) in [5.41, 5.74) is 0. The molecule has 0 amide bonds. The van der Waals surface area contributed by atoms with Crippen LogP contribution in [0.5, 0.6) is 0 Å². The van der Waals surface area contributed by atoms with Crippen LogP contribution in [0.15, 0.2) is 0 Å². The minimum atomic E-state index is 0. The Kier molecular flexibility index (Phi) is 322. The van der Waals surface area contributed by atoms with E-state index in [2.05, 4.69) is 0 Å². The molecule has 0 saturated carbocycles. The van der Waals surface area contributed by atoms with E-state index in [-0.39, 0.29) is 89.6 Å². The molecule has 0 heterocycles. The van der Waals surface area contributed by atoms with Crippen molar-refractivity contribution in [1.82, 2.24) is 0 Å². The second-order valence-corrected chi connectivity index (χ2v) is 0. The van der Waals surface area contributed by atoms with Gasteiger partial charge in [0.25, 0.3) is 0 Å². The number of hydrogen-bond acceptors (Lipinski definition) is 0. The largest absolute Gasteiger partial charge is 4.00 e. The molecular weight excluding hydrogens is 370 g/mol. The van der Waals surface area contributed by atoms with Crippen molar-refractivity contribution >= 4 is 0 Å². The summed E-state index contributed by atoms with van der Waals surface area (Å²) in [5.74, 6) is 0. The second-order valence-electron chi connectivity index (χ2n) is 0. The Labute approximate surface area is 88.2 Å². The second kappa shape index (κ2) is 31.6. The number of rotatable bonds is 0. The monoisotopic (exact) mass is 368 g/mol. The Morgan fingerprint density at radius 3 is 0.400 bits per heavy atom. The summed E-state index contributed by atoms with van der Waals surface area (Å²) < 4.78 is 0. The molecule has 0 radical (unpaired) electrons. The third-order valence-electron chi connectivity index (χ3n) is 0. The van der Waals surface area contributed by atoms with Gasteiger partial charge in [-0.1, -0.05) is 0 Å². The van der Waals surface area contributed by atoms with Gasteiger partial charge in [-0.25, -0.2) is 0 Å². The minimum absolute atomic E-state index is 0. The quantitative estimate of drug-likeness (QED) is 0.398. The van der Waals surface area contributed by atoms with Gasteiger partial charge in [-0.2, -0.15) is 0 Å². The first kappa shape index (κ1) is 51.0. The van der Waals surface area contributed by atoms with Crippen molar-refractivity contribution in [2.45, 2.75) is 0 Å². The van der Waals surface area contributed by atoms with Crippen molar-refractivity contribution < 1.29 is 89.6 Å². The first-order valence-electron chi connectivity index (χ1n) is 0. The fraction of sp³-hybridized carbons (Fsp3) is 0. The molecule has 5 heteroatoms. The van der Waals surface area contributed by atoms with Crippen LogP contribution in [0.3, 0.4) is 0 Å². The van der Waals surface area contributed by atoms with Crippen LogP contribution in [-0.2, 0) is 0 Å². The van der Waals surface area contributed by atoms with E-state index < -0.39 is 0 Å². The summed E-state index contributed by atoms with van der Waals surface area (Å²) >= 11 is 0. The number of halogens is 4. The van der Waals surface area contributed by atoms with Gasteiger partial charge < -0.3 is 49.6 Å². The first-order chi connectivity index (χ1) is 0. The Morgan fingerprint density at radius 2 is 0.400 bits per heavy atom. The van der Waals surface area contributed by atoms with Gasteiger partial charge in [0, 0.05) is 0 Å². The van der Waals surface area contributed by atoms with Crippen molar-refractivity contribution in [1.29, 1.82) is 0 Å². The molecule has 0 aliphatic heterocycles. The topological polar surface area (TPSA) is 0 Å². The van der Waals surface area contributed by atoms with Crippen LogP contribution < -0.4 is 49.6 Å². The van der Waals surface area contributed by atoms with Crippen molar-refractivity contribution in [3.8, 4) is 0 Å². The first-order valence-corrected chi connectivity index (χ1v) is 0. The molecule has 0 aromatic rings. The van der Waals surface area contributed by atoms with E-state index in [1.54, 1.807) is 0 Å². The predicted molar refractivity (Wildman–Crippen MR) is 0 cm³/mol. The van der Waals surface area contributed by atoms with Crippen LogP contribution in [0.4, 0.5) is 0 Å². The normalized spacial score (nSPS) is 0. The molecule has 0 unspecified atom stereocenters. The van der Waals surface area contributed by atoms with Gasteiger partial charge in [-0.05, 0) is 0 Å². The molecule has 0 saturated heterocycles.